The van der Waals surface area contributed by atoms with Crippen molar-refractivity contribution in [1.29, 1.82) is 5.26 Å². The van der Waals surface area contributed by atoms with E-state index in [4.69, 9.17) is 0 Å². The van der Waals surface area contributed by atoms with Crippen LogP contribution >= 0.6 is 0 Å². The van der Waals surface area contributed by atoms with Crippen LogP contribution in [0.3, 0.4) is 0 Å². The number of rotatable bonds is 4. The average Bonchev–Trinajstić information content (AvgIpc) is 3.55. The first-order valence-corrected chi connectivity index (χ1v) is 14.3. The van der Waals surface area contributed by atoms with Gasteiger partial charge >= 0.3 is 0 Å². The number of nitriles is 1. The Labute approximate surface area is 253 Å². The molecule has 0 radical (unpaired) electrons. The van der Waals surface area contributed by atoms with E-state index in [9.17, 15) is 14.9 Å². The van der Waals surface area contributed by atoms with Crippen LogP contribution in [0.5, 0.6) is 0 Å². The van der Waals surface area contributed by atoms with Crippen molar-refractivity contribution < 1.29 is 9.59 Å². The lowest BCUT2D eigenvalue weighted by molar-refractivity contribution is 0.0926. The predicted octanol–water partition coefficient (Wildman–Crippen LogP) is 8.79. The molecule has 0 fully saturated rings. The fourth-order valence-electron chi connectivity index (χ4n) is 6.36. The van der Waals surface area contributed by atoms with E-state index >= 15 is 0 Å². The van der Waals surface area contributed by atoms with Gasteiger partial charge in [0.15, 0.2) is 0 Å². The van der Waals surface area contributed by atoms with Crippen LogP contribution in [0.4, 0.5) is 5.69 Å². The molecule has 5 heteroatoms. The van der Waals surface area contributed by atoms with Crippen molar-refractivity contribution in [3.8, 4) is 34.0 Å². The van der Waals surface area contributed by atoms with Crippen LogP contribution in [0.25, 0.3) is 49.7 Å². The lowest BCUT2D eigenvalue weighted by atomic mass is 9.97. The molecule has 1 aromatic heterocycles. The molecule has 0 bridgehead atoms. The fraction of sp³-hybridized carbons (Fsp3) is 0. The molecule has 2 amide bonds. The maximum atomic E-state index is 14.5. The van der Waals surface area contributed by atoms with Crippen molar-refractivity contribution in [2.45, 2.75) is 0 Å². The van der Waals surface area contributed by atoms with Gasteiger partial charge in [-0.25, -0.2) is 4.90 Å². The summed E-state index contributed by atoms with van der Waals surface area (Å²) in [5.74, 6) is -0.748. The summed E-state index contributed by atoms with van der Waals surface area (Å²) in [7, 11) is 0. The molecular weight excluding hydrogens is 542 g/mol. The number of amides is 2. The number of anilines is 1. The molecule has 206 valence electrons. The maximum absolute atomic E-state index is 14.5. The lowest BCUT2D eigenvalue weighted by Gasteiger charge is -2.20. The van der Waals surface area contributed by atoms with Gasteiger partial charge in [-0.2, -0.15) is 5.26 Å². The van der Waals surface area contributed by atoms with Crippen molar-refractivity contribution in [1.82, 2.24) is 4.57 Å². The molecule has 0 spiro atoms. The number of benzene rings is 6. The van der Waals surface area contributed by atoms with E-state index in [-0.39, 0.29) is 11.8 Å². The minimum Gasteiger partial charge on any atom is -0.308 e. The Morgan fingerprint density at radius 3 is 1.98 bits per heavy atom. The predicted molar refractivity (Wildman–Crippen MR) is 174 cm³/mol. The van der Waals surface area contributed by atoms with Crippen LogP contribution in [-0.2, 0) is 0 Å². The Morgan fingerprint density at radius 1 is 0.500 bits per heavy atom. The number of carbonyl (C=O) groups excluding carboxylic acids is 2. The zero-order valence-electron chi connectivity index (χ0n) is 23.4. The highest BCUT2D eigenvalue weighted by atomic mass is 16.2. The van der Waals surface area contributed by atoms with Crippen molar-refractivity contribution in [2.75, 3.05) is 4.90 Å². The van der Waals surface area contributed by atoms with E-state index in [2.05, 4.69) is 6.07 Å². The summed E-state index contributed by atoms with van der Waals surface area (Å²) < 4.78 is 2.00. The average molecular weight is 566 g/mol. The summed E-state index contributed by atoms with van der Waals surface area (Å²) in [5.41, 5.74) is 7.76. The molecule has 0 aliphatic carbocycles. The van der Waals surface area contributed by atoms with Gasteiger partial charge in [0.25, 0.3) is 11.8 Å². The van der Waals surface area contributed by atoms with Crippen molar-refractivity contribution in [2.24, 2.45) is 0 Å². The standard InChI is InChI=1S/C39H23N3O2/c40-24-25-18-20-30-29-14-7-8-16-33(29)41(36(30)22-25)35-17-9-15-31-37(35)39(44)42(38(31)43)34-21-19-28(26-10-3-1-4-11-26)23-32(34)27-12-5-2-6-13-27/h1-23H. The first-order valence-electron chi connectivity index (χ1n) is 14.3. The molecule has 6 aromatic carbocycles. The number of carbonyl (C=O) groups is 2. The van der Waals surface area contributed by atoms with Crippen LogP contribution in [0, 0.1) is 11.3 Å². The highest BCUT2D eigenvalue weighted by Gasteiger charge is 2.40. The van der Waals surface area contributed by atoms with Crippen LogP contribution in [0.2, 0.25) is 0 Å². The van der Waals surface area contributed by atoms with Gasteiger partial charge in [-0.15, -0.1) is 0 Å². The van der Waals surface area contributed by atoms with Crippen LogP contribution in [-0.4, -0.2) is 16.4 Å². The van der Waals surface area contributed by atoms with Gasteiger partial charge in [0.2, 0.25) is 0 Å². The maximum Gasteiger partial charge on any atom is 0.268 e. The summed E-state index contributed by atoms with van der Waals surface area (Å²) in [4.78, 5) is 30.0. The molecule has 0 saturated carbocycles. The van der Waals surface area contributed by atoms with Gasteiger partial charge in [-0.05, 0) is 59.2 Å². The smallest absolute Gasteiger partial charge is 0.268 e. The second kappa shape index (κ2) is 9.94. The van der Waals surface area contributed by atoms with Crippen molar-refractivity contribution >= 4 is 39.3 Å². The molecule has 7 aromatic rings. The first-order chi connectivity index (χ1) is 21.6. The molecule has 0 saturated heterocycles. The Balaban J connectivity index is 1.34. The van der Waals surface area contributed by atoms with Gasteiger partial charge in [0.05, 0.1) is 45.2 Å². The van der Waals surface area contributed by atoms with Gasteiger partial charge in [-0.1, -0.05) is 97.1 Å². The van der Waals surface area contributed by atoms with E-state index in [1.54, 1.807) is 12.1 Å². The molecule has 2 heterocycles. The molecule has 1 aliphatic heterocycles. The second-order valence-corrected chi connectivity index (χ2v) is 10.8. The quantitative estimate of drug-likeness (QED) is 0.200. The summed E-state index contributed by atoms with van der Waals surface area (Å²) >= 11 is 0. The zero-order chi connectivity index (χ0) is 29.8. The third kappa shape index (κ3) is 3.79. The second-order valence-electron chi connectivity index (χ2n) is 10.8. The third-order valence-corrected chi connectivity index (χ3v) is 8.37. The Morgan fingerprint density at radius 2 is 1.20 bits per heavy atom. The number of nitrogens with zero attached hydrogens (tertiary/aromatic N) is 3. The number of imide groups is 1. The van der Waals surface area contributed by atoms with Gasteiger partial charge in [0.1, 0.15) is 0 Å². The first kappa shape index (κ1) is 25.5. The number of hydrogen-bond donors (Lipinski definition) is 0. The number of hydrogen-bond acceptors (Lipinski definition) is 3. The topological polar surface area (TPSA) is 66.1 Å². The number of para-hydroxylation sites is 1. The molecule has 1 aliphatic rings. The normalized spacial score (nSPS) is 12.6. The summed E-state index contributed by atoms with van der Waals surface area (Å²) in [6.45, 7) is 0. The monoisotopic (exact) mass is 565 g/mol. The van der Waals surface area contributed by atoms with Crippen LogP contribution in [0.15, 0.2) is 140 Å². The van der Waals surface area contributed by atoms with Crippen molar-refractivity contribution in [3.63, 3.8) is 0 Å². The van der Waals surface area contributed by atoms with Crippen molar-refractivity contribution in [3.05, 3.63) is 156 Å². The molecular formula is C39H23N3O2. The highest BCUT2D eigenvalue weighted by Crippen LogP contribution is 2.41. The largest absolute Gasteiger partial charge is 0.308 e. The molecule has 0 unspecified atom stereocenters. The minimum atomic E-state index is -0.382. The minimum absolute atomic E-state index is 0.341. The van der Waals surface area contributed by atoms with Crippen LogP contribution in [0.1, 0.15) is 26.3 Å². The lowest BCUT2D eigenvalue weighted by Crippen LogP contribution is -2.30. The van der Waals surface area contributed by atoms with Gasteiger partial charge in [-0.3, -0.25) is 9.59 Å². The number of fused-ring (bicyclic) bond motifs is 4. The van der Waals surface area contributed by atoms with E-state index in [1.807, 2.05) is 132 Å². The molecule has 44 heavy (non-hydrogen) atoms. The van der Waals surface area contributed by atoms with E-state index in [1.165, 1.54) is 4.90 Å². The molecule has 8 rings (SSSR count). The summed E-state index contributed by atoms with van der Waals surface area (Å²) in [6.07, 6.45) is 0. The Kier molecular flexibility index (Phi) is 5.75. The van der Waals surface area contributed by atoms with Gasteiger partial charge in [0, 0.05) is 16.3 Å². The van der Waals surface area contributed by atoms with E-state index in [0.717, 1.165) is 44.1 Å². The summed E-state index contributed by atoms with van der Waals surface area (Å²) in [6, 6.07) is 46.9. The molecule has 5 nitrogen and oxygen atoms in total. The van der Waals surface area contributed by atoms with E-state index < -0.39 is 0 Å². The fourth-order valence-corrected chi connectivity index (χ4v) is 6.36. The van der Waals surface area contributed by atoms with E-state index in [0.29, 0.717) is 28.1 Å². The third-order valence-electron chi connectivity index (χ3n) is 8.37. The summed E-state index contributed by atoms with van der Waals surface area (Å²) in [5, 5.41) is 11.6. The van der Waals surface area contributed by atoms with Gasteiger partial charge < -0.3 is 4.57 Å². The molecule has 0 atom stereocenters. The zero-order valence-corrected chi connectivity index (χ0v) is 23.4. The van der Waals surface area contributed by atoms with Crippen LogP contribution < -0.4 is 4.90 Å². The highest BCUT2D eigenvalue weighted by molar-refractivity contribution is 6.36. The SMILES string of the molecule is N#Cc1ccc2c3ccccc3n(-c3cccc4c3C(=O)N(c3ccc(-c5ccccc5)cc3-c3ccccc3)C4=O)c2c1. The Bertz CT molecular complexity index is 2330. The Hall–Kier alpha value is -6.25. The molecule has 0 N–H and O–H groups in total. The number of aromatic nitrogens is 1.